The Labute approximate surface area is 148 Å². The molecule has 0 atom stereocenters. The third-order valence-corrected chi connectivity index (χ3v) is 5.82. The van der Waals surface area contributed by atoms with Crippen molar-refractivity contribution in [3.05, 3.63) is 35.5 Å². The fourth-order valence-corrected chi connectivity index (χ4v) is 4.07. The zero-order valence-electron chi connectivity index (χ0n) is 14.5. The summed E-state index contributed by atoms with van der Waals surface area (Å²) in [4.78, 5) is 2.45. The highest BCUT2D eigenvalue weighted by Crippen LogP contribution is 2.25. The molecule has 1 aliphatic heterocycles. The van der Waals surface area contributed by atoms with E-state index in [1.54, 1.807) is 25.1 Å². The van der Waals surface area contributed by atoms with Crippen LogP contribution in [0.4, 0.5) is 0 Å². The molecular formula is C17H23N3O4S. The second-order valence-electron chi connectivity index (χ2n) is 6.16. The number of hydrogen-bond donors (Lipinski definition) is 1. The van der Waals surface area contributed by atoms with Crippen LogP contribution in [0.5, 0.6) is 0 Å². The van der Waals surface area contributed by atoms with E-state index in [-0.39, 0.29) is 4.90 Å². The van der Waals surface area contributed by atoms with E-state index < -0.39 is 10.0 Å². The maximum Gasteiger partial charge on any atom is 0.240 e. The first-order valence-corrected chi connectivity index (χ1v) is 9.78. The Morgan fingerprint density at radius 3 is 2.64 bits per heavy atom. The van der Waals surface area contributed by atoms with E-state index in [1.165, 1.54) is 0 Å². The highest BCUT2D eigenvalue weighted by Gasteiger charge is 2.19. The topological polar surface area (TPSA) is 84.7 Å². The summed E-state index contributed by atoms with van der Waals surface area (Å²) in [6.45, 7) is 7.71. The molecule has 1 aromatic heterocycles. The van der Waals surface area contributed by atoms with Crippen LogP contribution < -0.4 is 4.72 Å². The first kappa shape index (κ1) is 18.1. The highest BCUT2D eigenvalue weighted by atomic mass is 32.2. The molecule has 3 rings (SSSR count). The van der Waals surface area contributed by atoms with Gasteiger partial charge in [0.1, 0.15) is 0 Å². The number of morpholine rings is 1. The number of hydrogen-bond acceptors (Lipinski definition) is 6. The van der Waals surface area contributed by atoms with Gasteiger partial charge in [-0.15, -0.1) is 0 Å². The minimum absolute atomic E-state index is 0.265. The van der Waals surface area contributed by atoms with Gasteiger partial charge in [-0.1, -0.05) is 17.3 Å². The zero-order valence-corrected chi connectivity index (χ0v) is 15.3. The van der Waals surface area contributed by atoms with Crippen molar-refractivity contribution in [3.63, 3.8) is 0 Å². The molecule has 8 heteroatoms. The molecule has 1 aliphatic rings. The molecule has 0 spiro atoms. The van der Waals surface area contributed by atoms with Gasteiger partial charge in [0.05, 0.1) is 23.8 Å². The maximum atomic E-state index is 12.7. The molecule has 25 heavy (non-hydrogen) atoms. The van der Waals surface area contributed by atoms with E-state index >= 15 is 0 Å². The van der Waals surface area contributed by atoms with Crippen molar-refractivity contribution in [2.24, 2.45) is 0 Å². The molecule has 0 amide bonds. The summed E-state index contributed by atoms with van der Waals surface area (Å²) < 4.78 is 38.6. The Hall–Kier alpha value is -1.74. The standard InChI is InChI=1S/C17H23N3O4S/c1-13-3-4-15(16-11-14(2)19-24-16)12-17(13)25(21,22)18-5-6-20-7-9-23-10-8-20/h3-4,11-12,18H,5-10H2,1-2H3. The lowest BCUT2D eigenvalue weighted by Crippen LogP contribution is -2.41. The lowest BCUT2D eigenvalue weighted by atomic mass is 10.1. The Morgan fingerprint density at radius 2 is 1.96 bits per heavy atom. The predicted molar refractivity (Wildman–Crippen MR) is 93.9 cm³/mol. The molecule has 0 saturated carbocycles. The minimum Gasteiger partial charge on any atom is -0.379 e. The van der Waals surface area contributed by atoms with Crippen LogP contribution in [0.1, 0.15) is 11.3 Å². The van der Waals surface area contributed by atoms with Crippen molar-refractivity contribution in [3.8, 4) is 11.3 Å². The minimum atomic E-state index is -3.59. The van der Waals surface area contributed by atoms with Gasteiger partial charge in [-0.2, -0.15) is 0 Å². The molecule has 2 aromatic rings. The van der Waals surface area contributed by atoms with Gasteiger partial charge in [0.25, 0.3) is 0 Å². The number of nitrogens with zero attached hydrogens (tertiary/aromatic N) is 2. The van der Waals surface area contributed by atoms with Crippen molar-refractivity contribution in [1.82, 2.24) is 14.8 Å². The van der Waals surface area contributed by atoms with Crippen LogP contribution in [0.2, 0.25) is 0 Å². The number of benzene rings is 1. The second-order valence-corrected chi connectivity index (χ2v) is 7.90. The largest absolute Gasteiger partial charge is 0.379 e. The fraction of sp³-hybridized carbons (Fsp3) is 0.471. The van der Waals surface area contributed by atoms with Crippen LogP contribution in [-0.4, -0.2) is 57.9 Å². The summed E-state index contributed by atoms with van der Waals surface area (Å²) in [6, 6.07) is 7.03. The molecule has 1 fully saturated rings. The molecule has 7 nitrogen and oxygen atoms in total. The van der Waals surface area contributed by atoms with Gasteiger partial charge in [0, 0.05) is 37.8 Å². The van der Waals surface area contributed by atoms with Gasteiger partial charge >= 0.3 is 0 Å². The number of aryl methyl sites for hydroxylation is 2. The van der Waals surface area contributed by atoms with Gasteiger partial charge in [0.15, 0.2) is 5.76 Å². The van der Waals surface area contributed by atoms with Crippen LogP contribution in [0.15, 0.2) is 33.7 Å². The normalized spacial score (nSPS) is 16.2. The number of rotatable bonds is 6. The summed E-state index contributed by atoms with van der Waals surface area (Å²) in [5.41, 5.74) is 2.14. The zero-order chi connectivity index (χ0) is 17.9. The molecule has 1 saturated heterocycles. The molecule has 2 heterocycles. The second kappa shape index (κ2) is 7.65. The van der Waals surface area contributed by atoms with Gasteiger partial charge in [-0.25, -0.2) is 13.1 Å². The third-order valence-electron chi connectivity index (χ3n) is 4.21. The molecule has 0 radical (unpaired) electrons. The molecule has 1 N–H and O–H groups in total. The SMILES string of the molecule is Cc1cc(-c2ccc(C)c(S(=O)(=O)NCCN3CCOCC3)c2)on1. The fourth-order valence-electron chi connectivity index (χ4n) is 2.78. The highest BCUT2D eigenvalue weighted by molar-refractivity contribution is 7.89. The van der Waals surface area contributed by atoms with Gasteiger partial charge in [0.2, 0.25) is 10.0 Å². The first-order chi connectivity index (χ1) is 12.0. The molecular weight excluding hydrogens is 342 g/mol. The summed E-state index contributed by atoms with van der Waals surface area (Å²) in [5.74, 6) is 0.558. The third kappa shape index (κ3) is 4.46. The predicted octanol–water partition coefficient (Wildman–Crippen LogP) is 1.57. The molecule has 0 aliphatic carbocycles. The Bertz CT molecular complexity index is 826. The van der Waals surface area contributed by atoms with Gasteiger partial charge in [-0.3, -0.25) is 4.90 Å². The van der Waals surface area contributed by atoms with Gasteiger partial charge in [-0.05, 0) is 25.5 Å². The number of nitrogens with one attached hydrogen (secondary N) is 1. The van der Waals surface area contributed by atoms with E-state index in [2.05, 4.69) is 14.8 Å². The molecule has 136 valence electrons. The van der Waals surface area contributed by atoms with Crippen LogP contribution in [-0.2, 0) is 14.8 Å². The summed E-state index contributed by atoms with van der Waals surface area (Å²) in [7, 11) is -3.59. The molecule has 0 unspecified atom stereocenters. The maximum absolute atomic E-state index is 12.7. The van der Waals surface area contributed by atoms with E-state index in [0.29, 0.717) is 43.2 Å². The van der Waals surface area contributed by atoms with E-state index in [1.807, 2.05) is 13.0 Å². The van der Waals surface area contributed by atoms with Crippen LogP contribution in [0.25, 0.3) is 11.3 Å². The summed E-state index contributed by atoms with van der Waals surface area (Å²) in [6.07, 6.45) is 0. The summed E-state index contributed by atoms with van der Waals surface area (Å²) >= 11 is 0. The Balaban J connectivity index is 1.72. The van der Waals surface area contributed by atoms with Gasteiger partial charge < -0.3 is 9.26 Å². The summed E-state index contributed by atoms with van der Waals surface area (Å²) in [5, 5.41) is 3.85. The molecule has 0 bridgehead atoms. The molecule has 1 aromatic carbocycles. The van der Waals surface area contributed by atoms with E-state index in [0.717, 1.165) is 18.8 Å². The van der Waals surface area contributed by atoms with E-state index in [9.17, 15) is 8.42 Å². The van der Waals surface area contributed by atoms with E-state index in [4.69, 9.17) is 9.26 Å². The first-order valence-electron chi connectivity index (χ1n) is 8.30. The van der Waals surface area contributed by atoms with Crippen molar-refractivity contribution < 1.29 is 17.7 Å². The van der Waals surface area contributed by atoms with Crippen LogP contribution >= 0.6 is 0 Å². The Kier molecular flexibility index (Phi) is 5.53. The Morgan fingerprint density at radius 1 is 1.20 bits per heavy atom. The lowest BCUT2D eigenvalue weighted by molar-refractivity contribution is 0.0390. The van der Waals surface area contributed by atoms with Crippen LogP contribution in [0.3, 0.4) is 0 Å². The van der Waals surface area contributed by atoms with Crippen molar-refractivity contribution in [2.45, 2.75) is 18.7 Å². The average molecular weight is 365 g/mol. The number of ether oxygens (including phenoxy) is 1. The monoisotopic (exact) mass is 365 g/mol. The van der Waals surface area contributed by atoms with Crippen molar-refractivity contribution in [1.29, 1.82) is 0 Å². The average Bonchev–Trinajstić information content (AvgIpc) is 3.02. The van der Waals surface area contributed by atoms with Crippen molar-refractivity contribution >= 4 is 10.0 Å². The number of aromatic nitrogens is 1. The van der Waals surface area contributed by atoms with Crippen LogP contribution in [0, 0.1) is 13.8 Å². The lowest BCUT2D eigenvalue weighted by Gasteiger charge is -2.26. The quantitative estimate of drug-likeness (QED) is 0.836. The smallest absolute Gasteiger partial charge is 0.240 e. The number of sulfonamides is 1. The van der Waals surface area contributed by atoms with Crippen molar-refractivity contribution in [2.75, 3.05) is 39.4 Å².